The summed E-state index contributed by atoms with van der Waals surface area (Å²) in [5.74, 6) is 0. The molecule has 2 aromatic carbocycles. The first-order chi connectivity index (χ1) is 6.86. The minimum atomic E-state index is 0. The van der Waals surface area contributed by atoms with Crippen LogP contribution in [0.3, 0.4) is 0 Å². The summed E-state index contributed by atoms with van der Waals surface area (Å²) in [5, 5.41) is 3.19. The first-order valence-electron chi connectivity index (χ1n) is 4.51. The number of benzene rings is 2. The van der Waals surface area contributed by atoms with Gasteiger partial charge in [0.25, 0.3) is 0 Å². The second kappa shape index (κ2) is 4.04. The first-order valence-corrected chi connectivity index (χ1v) is 4.89. The van der Waals surface area contributed by atoms with Crippen LogP contribution < -0.4 is 0 Å². The van der Waals surface area contributed by atoms with Crippen LogP contribution >= 0.6 is 11.6 Å². The Labute approximate surface area is 109 Å². The molecule has 1 heterocycles. The third kappa shape index (κ3) is 1.63. The molecule has 0 aliphatic heterocycles. The van der Waals surface area contributed by atoms with Gasteiger partial charge in [0.1, 0.15) is 0 Å². The monoisotopic (exact) mass is 227 g/mol. The van der Waals surface area contributed by atoms with Gasteiger partial charge in [-0.2, -0.15) is 0 Å². The van der Waals surface area contributed by atoms with Crippen molar-refractivity contribution in [2.45, 2.75) is 0 Å². The zero-order valence-electron chi connectivity index (χ0n) is 7.42. The topological polar surface area (TPSA) is 15.8 Å². The van der Waals surface area contributed by atoms with Gasteiger partial charge in [-0.15, -0.1) is 0 Å². The lowest BCUT2D eigenvalue weighted by molar-refractivity contribution is 1.55. The second-order valence-electron chi connectivity index (χ2n) is 3.33. The van der Waals surface area contributed by atoms with Crippen molar-refractivity contribution in [2.24, 2.45) is 0 Å². The van der Waals surface area contributed by atoms with Crippen LogP contribution in [-0.2, 0) is 0 Å². The maximum absolute atomic E-state index is 6.10. The molecular formula is C12H10ClMgN. The molecule has 3 heteroatoms. The number of halogens is 1. The Morgan fingerprint density at radius 1 is 0.867 bits per heavy atom. The molecule has 0 atom stereocenters. The van der Waals surface area contributed by atoms with Crippen LogP contribution in [0.15, 0.2) is 42.5 Å². The fourth-order valence-electron chi connectivity index (χ4n) is 1.84. The smallest absolute Gasteiger partial charge is 0.316 e. The normalized spacial score (nSPS) is 10.5. The Kier molecular flexibility index (Phi) is 2.91. The number of hydrogen-bond acceptors (Lipinski definition) is 0. The number of aromatic nitrogens is 1. The number of aromatic amines is 1. The Balaban J connectivity index is 0.000000853. The predicted molar refractivity (Wildman–Crippen MR) is 69.4 cm³/mol. The standard InChI is InChI=1S/C12H8ClN.Mg.2H/c13-10-6-3-5-9-8-4-1-2-7-11(8)14-12(9)10;;;/h1-7,14H;;;. The minimum absolute atomic E-state index is 0. The largest absolute Gasteiger partial charge is 0.353 e. The van der Waals surface area contributed by atoms with Crippen molar-refractivity contribution in [1.29, 1.82) is 0 Å². The molecule has 0 bridgehead atoms. The molecule has 0 saturated heterocycles. The summed E-state index contributed by atoms with van der Waals surface area (Å²) >= 11 is 6.10. The van der Waals surface area contributed by atoms with E-state index in [1.165, 1.54) is 10.8 Å². The average Bonchev–Trinajstić information content (AvgIpc) is 2.59. The molecule has 1 aromatic heterocycles. The Morgan fingerprint density at radius 3 is 2.47 bits per heavy atom. The van der Waals surface area contributed by atoms with Gasteiger partial charge >= 0.3 is 23.1 Å². The summed E-state index contributed by atoms with van der Waals surface area (Å²) < 4.78 is 0. The Bertz CT molecular complexity index is 615. The van der Waals surface area contributed by atoms with Gasteiger partial charge in [-0.3, -0.25) is 0 Å². The molecule has 0 amide bonds. The lowest BCUT2D eigenvalue weighted by atomic mass is 10.2. The third-order valence-electron chi connectivity index (χ3n) is 2.49. The average molecular weight is 228 g/mol. The highest BCUT2D eigenvalue weighted by Crippen LogP contribution is 2.29. The van der Waals surface area contributed by atoms with E-state index in [1.807, 2.05) is 24.3 Å². The fourth-order valence-corrected chi connectivity index (χ4v) is 2.06. The second-order valence-corrected chi connectivity index (χ2v) is 3.74. The molecule has 0 radical (unpaired) electrons. The number of H-pyrrole nitrogens is 1. The zero-order chi connectivity index (χ0) is 9.54. The summed E-state index contributed by atoms with van der Waals surface area (Å²) in [7, 11) is 0. The zero-order valence-corrected chi connectivity index (χ0v) is 8.18. The molecule has 0 aliphatic rings. The molecule has 0 aliphatic carbocycles. The molecule has 1 nitrogen and oxygen atoms in total. The van der Waals surface area contributed by atoms with Crippen molar-refractivity contribution in [3.05, 3.63) is 47.5 Å². The highest BCUT2D eigenvalue weighted by Gasteiger charge is 2.04. The summed E-state index contributed by atoms with van der Waals surface area (Å²) in [6.07, 6.45) is 0. The molecule has 0 spiro atoms. The van der Waals surface area contributed by atoms with Crippen molar-refractivity contribution in [2.75, 3.05) is 0 Å². The summed E-state index contributed by atoms with van der Waals surface area (Å²) in [4.78, 5) is 3.31. The SMILES string of the molecule is Clc1cccc2c1[nH]c1ccccc12.[MgH2]. The lowest BCUT2D eigenvalue weighted by Gasteiger charge is -1.91. The van der Waals surface area contributed by atoms with E-state index in [1.54, 1.807) is 0 Å². The molecular weight excluding hydrogens is 218 g/mol. The molecule has 1 N–H and O–H groups in total. The number of para-hydroxylation sites is 2. The van der Waals surface area contributed by atoms with Crippen molar-refractivity contribution in [3.63, 3.8) is 0 Å². The molecule has 3 rings (SSSR count). The molecule has 15 heavy (non-hydrogen) atoms. The van der Waals surface area contributed by atoms with Crippen LogP contribution in [0.1, 0.15) is 0 Å². The van der Waals surface area contributed by atoms with Gasteiger partial charge < -0.3 is 4.98 Å². The molecule has 72 valence electrons. The number of nitrogens with one attached hydrogen (secondary N) is 1. The van der Waals surface area contributed by atoms with Crippen molar-refractivity contribution >= 4 is 56.5 Å². The first kappa shape index (κ1) is 10.8. The lowest BCUT2D eigenvalue weighted by Crippen LogP contribution is -1.68. The van der Waals surface area contributed by atoms with Gasteiger partial charge in [0.2, 0.25) is 0 Å². The van der Waals surface area contributed by atoms with Gasteiger partial charge in [0.05, 0.1) is 10.5 Å². The molecule has 0 saturated carbocycles. The van der Waals surface area contributed by atoms with Gasteiger partial charge in [0, 0.05) is 16.3 Å². The van der Waals surface area contributed by atoms with Crippen LogP contribution in [0.2, 0.25) is 5.02 Å². The predicted octanol–water partition coefficient (Wildman–Crippen LogP) is 3.06. The fraction of sp³-hybridized carbons (Fsp3) is 0. The van der Waals surface area contributed by atoms with E-state index in [0.717, 1.165) is 16.1 Å². The van der Waals surface area contributed by atoms with E-state index >= 15 is 0 Å². The minimum Gasteiger partial charge on any atom is -0.353 e. The highest BCUT2D eigenvalue weighted by atomic mass is 35.5. The molecule has 0 fully saturated rings. The maximum atomic E-state index is 6.10. The summed E-state index contributed by atoms with van der Waals surface area (Å²) in [5.41, 5.74) is 2.16. The quantitative estimate of drug-likeness (QED) is 0.569. The van der Waals surface area contributed by atoms with E-state index in [2.05, 4.69) is 23.2 Å². The van der Waals surface area contributed by atoms with Crippen LogP contribution in [0, 0.1) is 0 Å². The van der Waals surface area contributed by atoms with Crippen LogP contribution in [0.5, 0.6) is 0 Å². The molecule has 0 unspecified atom stereocenters. The van der Waals surface area contributed by atoms with E-state index in [-0.39, 0.29) is 23.1 Å². The van der Waals surface area contributed by atoms with E-state index < -0.39 is 0 Å². The highest BCUT2D eigenvalue weighted by molar-refractivity contribution is 6.36. The van der Waals surface area contributed by atoms with Gasteiger partial charge in [-0.25, -0.2) is 0 Å². The van der Waals surface area contributed by atoms with E-state index in [4.69, 9.17) is 11.6 Å². The van der Waals surface area contributed by atoms with Crippen LogP contribution in [-0.4, -0.2) is 28.0 Å². The maximum Gasteiger partial charge on any atom is 0.316 e. The van der Waals surface area contributed by atoms with Crippen LogP contribution in [0.25, 0.3) is 21.8 Å². The van der Waals surface area contributed by atoms with E-state index in [0.29, 0.717) is 0 Å². The van der Waals surface area contributed by atoms with Gasteiger partial charge in [0.15, 0.2) is 0 Å². The van der Waals surface area contributed by atoms with E-state index in [9.17, 15) is 0 Å². The Morgan fingerprint density at radius 2 is 1.60 bits per heavy atom. The number of rotatable bonds is 0. The van der Waals surface area contributed by atoms with Crippen molar-refractivity contribution in [3.8, 4) is 0 Å². The van der Waals surface area contributed by atoms with Crippen LogP contribution in [0.4, 0.5) is 0 Å². The van der Waals surface area contributed by atoms with Gasteiger partial charge in [-0.1, -0.05) is 41.9 Å². The summed E-state index contributed by atoms with van der Waals surface area (Å²) in [6.45, 7) is 0. The summed E-state index contributed by atoms with van der Waals surface area (Å²) in [6, 6.07) is 14.2. The molecule has 3 aromatic rings. The third-order valence-corrected chi connectivity index (χ3v) is 2.81. The number of hydrogen-bond donors (Lipinski definition) is 1. The van der Waals surface area contributed by atoms with Gasteiger partial charge in [-0.05, 0) is 12.1 Å². The van der Waals surface area contributed by atoms with Crippen molar-refractivity contribution < 1.29 is 0 Å². The Hall–Kier alpha value is -0.704. The number of fused-ring (bicyclic) bond motifs is 3. The van der Waals surface area contributed by atoms with Crippen molar-refractivity contribution in [1.82, 2.24) is 4.98 Å².